The fourth-order valence-corrected chi connectivity index (χ4v) is 10.9. The molecule has 4 spiro atoms. The van der Waals surface area contributed by atoms with E-state index in [1.807, 2.05) is 23.1 Å². The van der Waals surface area contributed by atoms with Crippen molar-refractivity contribution in [2.75, 3.05) is 72.0 Å². The fourth-order valence-electron chi connectivity index (χ4n) is 10.9. The van der Waals surface area contributed by atoms with E-state index in [4.69, 9.17) is 5.48 Å². The molecule has 8 aliphatic heterocycles. The largest absolute Gasteiger partial charge is 0.355 e. The smallest absolute Gasteiger partial charge is 0.232 e. The summed E-state index contributed by atoms with van der Waals surface area (Å²) in [6, 6.07) is 17.0. The summed E-state index contributed by atoms with van der Waals surface area (Å²) < 4.78 is 30.4. The third kappa shape index (κ3) is 9.31. The van der Waals surface area contributed by atoms with Gasteiger partial charge in [0.1, 0.15) is 23.3 Å². The number of carbonyl (C=O) groups excluding carboxylic acids is 4. The molecule has 4 aromatic heterocycles. The zero-order valence-electron chi connectivity index (χ0n) is 42.3. The van der Waals surface area contributed by atoms with Crippen molar-refractivity contribution >= 4 is 46.9 Å². The molecule has 4 amide bonds. The zero-order valence-corrected chi connectivity index (χ0v) is 38.3. The van der Waals surface area contributed by atoms with Crippen molar-refractivity contribution in [2.45, 2.75) is 51.4 Å². The molecule has 4 atom stereocenters. The summed E-state index contributed by atoms with van der Waals surface area (Å²) in [6.45, 7) is 21.2. The molecule has 0 saturated carbocycles. The van der Waals surface area contributed by atoms with Gasteiger partial charge in [0.15, 0.2) is 0 Å². The Kier molecular flexibility index (Phi) is 11.3. The van der Waals surface area contributed by atoms with E-state index in [-0.39, 0.29) is 51.5 Å². The first-order chi connectivity index (χ1) is 34.4. The number of allylic oxidation sites excluding steroid dienone is 4. The third-order valence-corrected chi connectivity index (χ3v) is 14.4. The summed E-state index contributed by atoms with van der Waals surface area (Å²) in [6.07, 6.45) is 11.2. The first-order valence-corrected chi connectivity index (χ1v) is 23.1. The average molecular weight is 925 g/mol. The van der Waals surface area contributed by atoms with Crippen molar-refractivity contribution in [1.82, 2.24) is 41.2 Å². The molecule has 0 bridgehead atoms. The number of carbonyl (C=O) groups is 4. The topological polar surface area (TPSA) is 181 Å². The molecule has 4 aromatic rings. The van der Waals surface area contributed by atoms with E-state index in [1.165, 1.54) is 6.20 Å². The Morgan fingerprint density at radius 3 is 1.24 bits per heavy atom. The van der Waals surface area contributed by atoms with Crippen LogP contribution in [0.2, 0.25) is 0 Å². The summed E-state index contributed by atoms with van der Waals surface area (Å²) in [5.41, 5.74) is 1.88. The molecule has 0 radical (unpaired) electrons. The van der Waals surface area contributed by atoms with Crippen LogP contribution in [0.3, 0.4) is 0 Å². The van der Waals surface area contributed by atoms with Crippen molar-refractivity contribution < 1.29 is 24.7 Å². The van der Waals surface area contributed by atoms with Gasteiger partial charge in [0.25, 0.3) is 0 Å². The summed E-state index contributed by atoms with van der Waals surface area (Å²) in [5.74, 6) is 3.39. The van der Waals surface area contributed by atoms with Crippen LogP contribution in [0.4, 0.5) is 23.3 Å². The summed E-state index contributed by atoms with van der Waals surface area (Å²) in [5, 5.41) is 11.3. The Morgan fingerprint density at radius 2 is 0.838 bits per heavy atom. The SMILES string of the molecule is [3H]c1ccc(N2CCC3(CC(=C)NC3=O)C2)nc1.[3H]c1cccc(N2CCC3(CC(=C)NC3=O)C2)n1.[3H]c1cccnc1N1CCC2(CC(=C)NC2=O)C1.[3H]c1ccnc(N2CCC3(CC(=C)NC3=O)C2)c1. The van der Waals surface area contributed by atoms with E-state index in [2.05, 4.69) is 82.2 Å². The van der Waals surface area contributed by atoms with Gasteiger partial charge in [-0.25, -0.2) is 19.9 Å². The molecule has 8 saturated heterocycles. The number of hydrogen-bond acceptors (Lipinski definition) is 12. The van der Waals surface area contributed by atoms with Crippen LogP contribution < -0.4 is 40.9 Å². The number of rotatable bonds is 4. The van der Waals surface area contributed by atoms with E-state index >= 15 is 0 Å². The number of anilines is 4. The van der Waals surface area contributed by atoms with Gasteiger partial charge < -0.3 is 40.9 Å². The first kappa shape index (κ1) is 40.9. The predicted octanol–water partition coefficient (Wildman–Crippen LogP) is 5.25. The molecule has 0 aromatic carbocycles. The first-order valence-electron chi connectivity index (χ1n) is 25.1. The van der Waals surface area contributed by atoms with Crippen molar-refractivity contribution in [2.24, 2.45) is 21.7 Å². The van der Waals surface area contributed by atoms with Crippen LogP contribution in [-0.4, -0.2) is 95.9 Å². The predicted molar refractivity (Wildman–Crippen MR) is 262 cm³/mol. The van der Waals surface area contributed by atoms with E-state index in [9.17, 15) is 19.2 Å². The average Bonchev–Trinajstić information content (AvgIpc) is 4.24. The maximum Gasteiger partial charge on any atom is 0.232 e. The van der Waals surface area contributed by atoms with Crippen molar-refractivity contribution in [3.05, 3.63) is 147 Å². The molecule has 8 aliphatic rings. The van der Waals surface area contributed by atoms with Gasteiger partial charge in [-0.1, -0.05) is 50.6 Å². The summed E-state index contributed by atoms with van der Waals surface area (Å²) in [4.78, 5) is 73.2. The van der Waals surface area contributed by atoms with E-state index in [0.717, 1.165) is 98.5 Å². The quantitative estimate of drug-likeness (QED) is 0.209. The maximum absolute atomic E-state index is 12.0. The molecule has 352 valence electrons. The molecule has 0 aliphatic carbocycles. The van der Waals surface area contributed by atoms with E-state index < -0.39 is 0 Å². The van der Waals surface area contributed by atoms with Crippen LogP contribution >= 0.6 is 0 Å². The highest BCUT2D eigenvalue weighted by molar-refractivity contribution is 5.90. The van der Waals surface area contributed by atoms with Gasteiger partial charge in [0.05, 0.1) is 27.1 Å². The second-order valence-electron chi connectivity index (χ2n) is 19.2. The number of nitrogens with one attached hydrogen (secondary N) is 4. The van der Waals surface area contributed by atoms with Crippen molar-refractivity contribution in [3.63, 3.8) is 0 Å². The van der Waals surface area contributed by atoms with Crippen LogP contribution in [0.5, 0.6) is 0 Å². The molecular formula is C52H60N12O4. The number of pyridine rings is 4. The standard InChI is InChI=1S/4C13H15N3O/c4*1-10-8-13(12(17)15-10)5-7-16(9-13)11-4-2-3-6-14-11/h4*2-4,6H,1,5,7-9H2,(H,15,17)/i6T;4T;3T;2T. The van der Waals surface area contributed by atoms with Crippen LogP contribution in [-0.2, 0) is 19.2 Å². The van der Waals surface area contributed by atoms with Gasteiger partial charge in [0, 0.05) is 126 Å². The Labute approximate surface area is 403 Å². The molecule has 12 rings (SSSR count). The fraction of sp³-hybridized carbons (Fsp3) is 0.385. The lowest BCUT2D eigenvalue weighted by molar-refractivity contribution is -0.127. The minimum Gasteiger partial charge on any atom is -0.355 e. The molecule has 8 fully saturated rings. The molecule has 4 unspecified atom stereocenters. The molecule has 4 N–H and O–H groups in total. The lowest BCUT2D eigenvalue weighted by atomic mass is 9.85. The Bertz CT molecular complexity index is 2770. The normalized spacial score (nSPS) is 28.7. The number of amides is 4. The number of aromatic nitrogens is 4. The zero-order chi connectivity index (χ0) is 51.0. The van der Waals surface area contributed by atoms with Gasteiger partial charge in [0.2, 0.25) is 23.6 Å². The number of hydrogen-bond donors (Lipinski definition) is 4. The maximum atomic E-state index is 12.0. The summed E-state index contributed by atoms with van der Waals surface area (Å²) >= 11 is 0. The van der Waals surface area contributed by atoms with Crippen LogP contribution in [0.25, 0.3) is 0 Å². The lowest BCUT2D eigenvalue weighted by Gasteiger charge is -2.21. The van der Waals surface area contributed by atoms with Crippen LogP contribution in [0.1, 0.15) is 56.8 Å². The molecular weight excluding hydrogens is 857 g/mol. The Hall–Kier alpha value is -7.36. The van der Waals surface area contributed by atoms with Crippen molar-refractivity contribution in [1.29, 1.82) is 0 Å². The van der Waals surface area contributed by atoms with Gasteiger partial charge >= 0.3 is 0 Å². The van der Waals surface area contributed by atoms with E-state index in [1.54, 1.807) is 48.8 Å². The van der Waals surface area contributed by atoms with Gasteiger partial charge in [-0.3, -0.25) is 19.2 Å². The Morgan fingerprint density at radius 1 is 0.441 bits per heavy atom. The molecule has 12 heterocycles. The highest BCUT2D eigenvalue weighted by atomic mass is 16.2. The Balaban J connectivity index is 0.000000119. The van der Waals surface area contributed by atoms with Crippen LogP contribution in [0, 0.1) is 21.7 Å². The highest BCUT2D eigenvalue weighted by Gasteiger charge is 2.52. The van der Waals surface area contributed by atoms with Crippen molar-refractivity contribution in [3.8, 4) is 0 Å². The molecule has 16 nitrogen and oxygen atoms in total. The monoisotopic (exact) mass is 925 g/mol. The number of nitrogens with zero attached hydrogens (tertiary/aromatic N) is 8. The van der Waals surface area contributed by atoms with Gasteiger partial charge in [-0.15, -0.1) is 0 Å². The minimum atomic E-state index is -0.360. The van der Waals surface area contributed by atoms with Gasteiger partial charge in [-0.05, 0) is 74.2 Å². The highest BCUT2D eigenvalue weighted by Crippen LogP contribution is 2.44. The van der Waals surface area contributed by atoms with E-state index in [0.29, 0.717) is 69.4 Å². The van der Waals surface area contributed by atoms with Gasteiger partial charge in [-0.2, -0.15) is 0 Å². The minimum absolute atomic E-state index is 0.0671. The molecule has 68 heavy (non-hydrogen) atoms. The van der Waals surface area contributed by atoms with Crippen LogP contribution in [0.15, 0.2) is 147 Å². The second-order valence-corrected chi connectivity index (χ2v) is 19.2. The summed E-state index contributed by atoms with van der Waals surface area (Å²) in [7, 11) is 0. The second kappa shape index (κ2) is 18.7. The molecule has 16 heteroatoms. The lowest BCUT2D eigenvalue weighted by Crippen LogP contribution is -2.34. The third-order valence-electron chi connectivity index (χ3n) is 14.4.